The molecule has 1 aromatic carbocycles. The Morgan fingerprint density at radius 3 is 2.63 bits per heavy atom. The molecular formula is C20H27ClN2O5S2. The topological polar surface area (TPSA) is 112 Å². The van der Waals surface area contributed by atoms with Crippen LogP contribution >= 0.6 is 23.6 Å². The summed E-state index contributed by atoms with van der Waals surface area (Å²) in [6.45, 7) is 2.45. The van der Waals surface area contributed by atoms with Crippen molar-refractivity contribution in [3.8, 4) is 0 Å². The zero-order valence-corrected chi connectivity index (χ0v) is 19.2. The Hall–Kier alpha value is -1.68. The van der Waals surface area contributed by atoms with E-state index in [0.717, 1.165) is 37.4 Å². The summed E-state index contributed by atoms with van der Waals surface area (Å²) in [7, 11) is -4.10. The van der Waals surface area contributed by atoms with Crippen molar-refractivity contribution < 1.29 is 21.8 Å². The van der Waals surface area contributed by atoms with Crippen molar-refractivity contribution in [3.05, 3.63) is 46.9 Å². The predicted octanol–water partition coefficient (Wildman–Crippen LogP) is 5.36. The quantitative estimate of drug-likeness (QED) is 0.297. The van der Waals surface area contributed by atoms with Crippen LogP contribution in [0.25, 0.3) is 0 Å². The number of furan rings is 1. The summed E-state index contributed by atoms with van der Waals surface area (Å²) >= 11 is 7.12. The Kier molecular flexibility index (Phi) is 10.0. The van der Waals surface area contributed by atoms with Crippen LogP contribution in [0.1, 0.15) is 61.6 Å². The van der Waals surface area contributed by atoms with E-state index in [1.807, 2.05) is 0 Å². The van der Waals surface area contributed by atoms with E-state index in [0.29, 0.717) is 17.2 Å². The van der Waals surface area contributed by atoms with E-state index < -0.39 is 16.0 Å². The Morgan fingerprint density at radius 1 is 1.23 bits per heavy atom. The highest BCUT2D eigenvalue weighted by molar-refractivity contribution is 7.95. The number of hydrogen-bond acceptors (Lipinski definition) is 7. The van der Waals surface area contributed by atoms with Gasteiger partial charge in [0.15, 0.2) is 0 Å². The van der Waals surface area contributed by atoms with Gasteiger partial charge in [-0.1, -0.05) is 50.6 Å². The van der Waals surface area contributed by atoms with Crippen LogP contribution in [0.3, 0.4) is 0 Å². The maximum Gasteiger partial charge on any atom is 0.352 e. The number of rotatable bonds is 13. The van der Waals surface area contributed by atoms with Crippen molar-refractivity contribution in [1.82, 2.24) is 0 Å². The van der Waals surface area contributed by atoms with Crippen molar-refractivity contribution in [1.29, 1.82) is 0 Å². The van der Waals surface area contributed by atoms with Gasteiger partial charge in [-0.25, -0.2) is 18.4 Å². The second-order valence-electron chi connectivity index (χ2n) is 6.77. The van der Waals surface area contributed by atoms with Crippen LogP contribution in [0.5, 0.6) is 0 Å². The van der Waals surface area contributed by atoms with Crippen LogP contribution in [-0.4, -0.2) is 20.1 Å². The Morgan fingerprint density at radius 2 is 1.97 bits per heavy atom. The van der Waals surface area contributed by atoms with Crippen molar-refractivity contribution in [2.24, 2.45) is 5.14 Å². The summed E-state index contributed by atoms with van der Waals surface area (Å²) in [5.74, 6) is 0.635. The van der Waals surface area contributed by atoms with Gasteiger partial charge < -0.3 is 13.9 Å². The normalized spacial score (nSPS) is 11.4. The van der Waals surface area contributed by atoms with Crippen LogP contribution in [-0.2, 0) is 20.8 Å². The van der Waals surface area contributed by atoms with Gasteiger partial charge in [-0.05, 0) is 30.7 Å². The molecule has 1 heterocycles. The van der Waals surface area contributed by atoms with E-state index in [-0.39, 0.29) is 22.0 Å². The number of sulfonamides is 1. The van der Waals surface area contributed by atoms with E-state index in [1.54, 1.807) is 12.1 Å². The molecule has 0 saturated carbocycles. The highest BCUT2D eigenvalue weighted by Crippen LogP contribution is 2.30. The molecule has 3 N–H and O–H groups in total. The molecule has 0 aliphatic rings. The summed E-state index contributed by atoms with van der Waals surface area (Å²) in [5, 5.41) is 8.15. The third kappa shape index (κ3) is 7.86. The summed E-state index contributed by atoms with van der Waals surface area (Å²) in [4.78, 5) is 12.3. The number of nitrogens with one attached hydrogen (secondary N) is 1. The molecule has 2 aromatic rings. The van der Waals surface area contributed by atoms with Gasteiger partial charge in [0.25, 0.3) is 0 Å². The summed E-state index contributed by atoms with van der Waals surface area (Å²) in [6, 6.07) is 5.98. The summed E-state index contributed by atoms with van der Waals surface area (Å²) in [5.41, 5.74) is 0.361. The van der Waals surface area contributed by atoms with E-state index in [2.05, 4.69) is 12.2 Å². The smallest absolute Gasteiger partial charge is 0.352 e. The van der Waals surface area contributed by atoms with Crippen LogP contribution in [0, 0.1) is 0 Å². The zero-order chi connectivity index (χ0) is 22.0. The first-order valence-corrected chi connectivity index (χ1v) is 12.6. The van der Waals surface area contributed by atoms with Gasteiger partial charge in [0, 0.05) is 5.75 Å². The fourth-order valence-corrected chi connectivity index (χ4v) is 4.46. The van der Waals surface area contributed by atoms with E-state index >= 15 is 0 Å². The molecule has 0 aliphatic carbocycles. The summed E-state index contributed by atoms with van der Waals surface area (Å²) in [6.07, 6.45) is 8.36. The molecule has 0 bridgehead atoms. The van der Waals surface area contributed by atoms with Gasteiger partial charge in [-0.15, -0.1) is 0 Å². The number of halogens is 1. The van der Waals surface area contributed by atoms with E-state index in [9.17, 15) is 13.2 Å². The maximum absolute atomic E-state index is 12.6. The third-order valence-electron chi connectivity index (χ3n) is 4.35. The number of carbonyl (C=O) groups excluding carboxylic acids is 1. The minimum Gasteiger partial charge on any atom is -0.467 e. The lowest BCUT2D eigenvalue weighted by atomic mass is 10.1. The van der Waals surface area contributed by atoms with Crippen LogP contribution in [0.4, 0.5) is 5.69 Å². The van der Waals surface area contributed by atoms with Crippen molar-refractivity contribution >= 4 is 45.3 Å². The Labute approximate surface area is 186 Å². The lowest BCUT2D eigenvalue weighted by molar-refractivity contribution is 0.0768. The first-order chi connectivity index (χ1) is 14.3. The molecular weight excluding hydrogens is 448 g/mol. The first kappa shape index (κ1) is 24.6. The second-order valence-corrected chi connectivity index (χ2v) is 9.51. The molecule has 0 unspecified atom stereocenters. The molecule has 2 rings (SSSR count). The van der Waals surface area contributed by atoms with Gasteiger partial charge >= 0.3 is 5.97 Å². The molecule has 10 heteroatoms. The lowest BCUT2D eigenvalue weighted by Crippen LogP contribution is -2.15. The molecule has 1 aromatic heterocycles. The zero-order valence-electron chi connectivity index (χ0n) is 16.9. The molecule has 7 nitrogen and oxygen atoms in total. The predicted molar refractivity (Wildman–Crippen MR) is 120 cm³/mol. The number of nitrogens with two attached hydrogens (primary N) is 1. The Bertz CT molecular complexity index is 918. The molecule has 0 fully saturated rings. The average molecular weight is 475 g/mol. The molecule has 0 atom stereocenters. The monoisotopic (exact) mass is 474 g/mol. The first-order valence-electron chi connectivity index (χ1n) is 9.79. The van der Waals surface area contributed by atoms with Gasteiger partial charge in [0.1, 0.15) is 10.7 Å². The van der Waals surface area contributed by atoms with Crippen molar-refractivity contribution in [3.63, 3.8) is 0 Å². The second kappa shape index (κ2) is 12.2. The van der Waals surface area contributed by atoms with Gasteiger partial charge in [-0.2, -0.15) is 0 Å². The standard InChI is InChI=1S/C20H27ClN2O5S2/c1-2-3-4-5-6-7-11-29-28-20(24)16-12-19(30(22,25)26)17(21)13-18(16)23-14-15-9-8-10-27-15/h8-10,12-13,23H,2-7,11,14H2,1H3,(H2,22,25,26). The number of anilines is 1. The van der Waals surface area contributed by atoms with Crippen LogP contribution in [0.15, 0.2) is 39.8 Å². The minimum absolute atomic E-state index is 0.0328. The number of unbranched alkanes of at least 4 members (excludes halogenated alkanes) is 5. The average Bonchev–Trinajstić information content (AvgIpc) is 3.21. The van der Waals surface area contributed by atoms with Gasteiger partial charge in [-0.3, -0.25) is 0 Å². The van der Waals surface area contributed by atoms with Gasteiger partial charge in [0.05, 0.1) is 41.1 Å². The van der Waals surface area contributed by atoms with Crippen LogP contribution < -0.4 is 10.5 Å². The molecule has 0 radical (unpaired) electrons. The lowest BCUT2D eigenvalue weighted by Gasteiger charge is -2.13. The molecule has 0 aliphatic heterocycles. The number of benzene rings is 1. The number of primary sulfonamides is 1. The van der Waals surface area contributed by atoms with E-state index in [4.69, 9.17) is 25.3 Å². The van der Waals surface area contributed by atoms with E-state index in [1.165, 1.54) is 31.6 Å². The highest BCUT2D eigenvalue weighted by atomic mass is 35.5. The van der Waals surface area contributed by atoms with Gasteiger partial charge in [0.2, 0.25) is 10.0 Å². The minimum atomic E-state index is -4.10. The fraction of sp³-hybridized carbons (Fsp3) is 0.450. The SMILES string of the molecule is CCCCCCCCSOC(=O)c1cc(S(N)(=O)=O)c(Cl)cc1NCc1ccco1. The molecule has 166 valence electrons. The number of hydrogen-bond donors (Lipinski definition) is 2. The van der Waals surface area contributed by atoms with Crippen LogP contribution in [0.2, 0.25) is 5.02 Å². The molecule has 30 heavy (non-hydrogen) atoms. The molecule has 0 amide bonds. The summed E-state index contributed by atoms with van der Waals surface area (Å²) < 4.78 is 34.1. The third-order valence-corrected chi connectivity index (χ3v) is 6.45. The Balaban J connectivity index is 2.03. The molecule has 0 saturated heterocycles. The maximum atomic E-state index is 12.6. The highest BCUT2D eigenvalue weighted by Gasteiger charge is 2.22. The fourth-order valence-electron chi connectivity index (χ4n) is 2.76. The van der Waals surface area contributed by atoms with Crippen molar-refractivity contribution in [2.75, 3.05) is 11.1 Å². The molecule has 0 spiro atoms. The number of carbonyl (C=O) groups is 1. The largest absolute Gasteiger partial charge is 0.467 e. The van der Waals surface area contributed by atoms with Crippen molar-refractivity contribution in [2.45, 2.75) is 56.9 Å².